The summed E-state index contributed by atoms with van der Waals surface area (Å²) in [6.45, 7) is 4.24. The van der Waals surface area contributed by atoms with Crippen LogP contribution in [0.15, 0.2) is 45.4 Å². The molecule has 0 saturated heterocycles. The Morgan fingerprint density at radius 2 is 1.92 bits per heavy atom. The van der Waals surface area contributed by atoms with E-state index in [1.54, 1.807) is 27.8 Å². The number of thioether (sulfide) groups is 1. The van der Waals surface area contributed by atoms with Gasteiger partial charge in [-0.05, 0) is 53.7 Å². The molecule has 0 unspecified atom stereocenters. The molecule has 26 heavy (non-hydrogen) atoms. The van der Waals surface area contributed by atoms with Gasteiger partial charge in [-0.3, -0.25) is 0 Å². The maximum Gasteiger partial charge on any atom is 0.215 e. The van der Waals surface area contributed by atoms with E-state index in [-0.39, 0.29) is 0 Å². The second kappa shape index (κ2) is 7.34. The Hall–Kier alpha value is -1.97. The fourth-order valence-corrected chi connectivity index (χ4v) is 5.26. The number of hydrogen-bond donors (Lipinski definition) is 0. The van der Waals surface area contributed by atoms with E-state index in [9.17, 15) is 0 Å². The van der Waals surface area contributed by atoms with Gasteiger partial charge in [0.1, 0.15) is 15.7 Å². The van der Waals surface area contributed by atoms with Crippen LogP contribution in [0, 0.1) is 13.8 Å². The molecule has 0 N–H and O–H groups in total. The Bertz CT molecular complexity index is 1060. The molecule has 1 aromatic carbocycles. The van der Waals surface area contributed by atoms with Gasteiger partial charge < -0.3 is 0 Å². The van der Waals surface area contributed by atoms with E-state index in [1.807, 2.05) is 25.2 Å². The first-order valence-electron chi connectivity index (χ1n) is 7.96. The van der Waals surface area contributed by atoms with Crippen LogP contribution >= 0.6 is 34.9 Å². The average Bonchev–Trinajstić information content (AvgIpc) is 3.17. The first-order chi connectivity index (χ1) is 12.6. The molecule has 6 nitrogen and oxygen atoms in total. The summed E-state index contributed by atoms with van der Waals surface area (Å²) in [7, 11) is 1.83. The van der Waals surface area contributed by atoms with Crippen molar-refractivity contribution in [2.45, 2.75) is 34.7 Å². The van der Waals surface area contributed by atoms with Crippen molar-refractivity contribution in [3.05, 3.63) is 46.6 Å². The Morgan fingerprint density at radius 3 is 2.65 bits per heavy atom. The van der Waals surface area contributed by atoms with Gasteiger partial charge in [0.05, 0.1) is 5.75 Å². The van der Waals surface area contributed by atoms with Gasteiger partial charge in [0.15, 0.2) is 0 Å². The predicted octanol–water partition coefficient (Wildman–Crippen LogP) is 4.28. The van der Waals surface area contributed by atoms with Crippen molar-refractivity contribution in [2.24, 2.45) is 7.05 Å². The van der Waals surface area contributed by atoms with Crippen LogP contribution in [0.4, 0.5) is 0 Å². The number of rotatable bonds is 5. The van der Waals surface area contributed by atoms with Gasteiger partial charge in [-0.2, -0.15) is 0 Å². The van der Waals surface area contributed by atoms with Crippen LogP contribution in [0.2, 0.25) is 0 Å². The van der Waals surface area contributed by atoms with Crippen LogP contribution in [-0.2, 0) is 12.8 Å². The van der Waals surface area contributed by atoms with Crippen LogP contribution in [-0.4, -0.2) is 30.2 Å². The number of nitrogens with zero attached hydrogens (tertiary/aromatic N) is 6. The molecule has 0 aliphatic carbocycles. The standard InChI is InChI=1S/C17H16N6S3/c1-10-11(2)25-15-14(10)16(26-17-20-21-22-23(17)3)19-13(18-15)9-24-12-7-5-4-6-8-12/h4-8H,9H2,1-3H3. The highest BCUT2D eigenvalue weighted by Gasteiger charge is 2.17. The van der Waals surface area contributed by atoms with Crippen molar-refractivity contribution >= 4 is 45.1 Å². The largest absolute Gasteiger partial charge is 0.224 e. The SMILES string of the molecule is Cc1sc2nc(CSc3ccccc3)nc(Sc3nnnn3C)c2c1C. The van der Waals surface area contributed by atoms with E-state index in [4.69, 9.17) is 9.97 Å². The van der Waals surface area contributed by atoms with E-state index < -0.39 is 0 Å². The molecule has 0 spiro atoms. The molecule has 0 amide bonds. The molecule has 0 bridgehead atoms. The lowest BCUT2D eigenvalue weighted by Crippen LogP contribution is -1.98. The topological polar surface area (TPSA) is 69.4 Å². The van der Waals surface area contributed by atoms with E-state index in [2.05, 4.69) is 41.5 Å². The van der Waals surface area contributed by atoms with Crippen molar-refractivity contribution in [2.75, 3.05) is 0 Å². The maximum absolute atomic E-state index is 4.83. The third kappa shape index (κ3) is 3.46. The second-order valence-electron chi connectivity index (χ2n) is 5.70. The maximum atomic E-state index is 4.83. The predicted molar refractivity (Wildman–Crippen MR) is 106 cm³/mol. The van der Waals surface area contributed by atoms with Crippen molar-refractivity contribution in [1.82, 2.24) is 30.2 Å². The van der Waals surface area contributed by atoms with Gasteiger partial charge in [-0.1, -0.05) is 18.2 Å². The monoisotopic (exact) mass is 400 g/mol. The third-order valence-corrected chi connectivity index (χ3v) is 7.05. The second-order valence-corrected chi connectivity index (χ2v) is 8.91. The smallest absolute Gasteiger partial charge is 0.215 e. The Kier molecular flexibility index (Phi) is 4.92. The number of fused-ring (bicyclic) bond motifs is 1. The Labute approximate surface area is 163 Å². The lowest BCUT2D eigenvalue weighted by atomic mass is 10.2. The van der Waals surface area contributed by atoms with Gasteiger partial charge in [0, 0.05) is 22.2 Å². The van der Waals surface area contributed by atoms with Gasteiger partial charge >= 0.3 is 0 Å². The van der Waals surface area contributed by atoms with E-state index >= 15 is 0 Å². The van der Waals surface area contributed by atoms with Crippen LogP contribution in [0.1, 0.15) is 16.3 Å². The van der Waals surface area contributed by atoms with Gasteiger partial charge in [0.25, 0.3) is 0 Å². The summed E-state index contributed by atoms with van der Waals surface area (Å²) < 4.78 is 1.66. The fraction of sp³-hybridized carbons (Fsp3) is 0.235. The van der Waals surface area contributed by atoms with Crippen molar-refractivity contribution in [3.8, 4) is 0 Å². The zero-order chi connectivity index (χ0) is 18.1. The Balaban J connectivity index is 1.71. The highest BCUT2D eigenvalue weighted by atomic mass is 32.2. The summed E-state index contributed by atoms with van der Waals surface area (Å²) in [6, 6.07) is 10.3. The quantitative estimate of drug-likeness (QED) is 0.366. The minimum atomic E-state index is 0.718. The van der Waals surface area contributed by atoms with Gasteiger partial charge in [-0.25, -0.2) is 14.6 Å². The summed E-state index contributed by atoms with van der Waals surface area (Å²) in [4.78, 5) is 13.1. The summed E-state index contributed by atoms with van der Waals surface area (Å²) in [5, 5.41) is 14.4. The van der Waals surface area contributed by atoms with Gasteiger partial charge in [-0.15, -0.1) is 28.2 Å². The number of benzene rings is 1. The molecular formula is C17H16N6S3. The molecule has 3 heterocycles. The van der Waals surface area contributed by atoms with Crippen molar-refractivity contribution in [3.63, 3.8) is 0 Å². The summed E-state index contributed by atoms with van der Waals surface area (Å²) >= 11 is 4.94. The summed E-state index contributed by atoms with van der Waals surface area (Å²) in [5.74, 6) is 1.55. The normalized spacial score (nSPS) is 11.3. The number of aromatic nitrogens is 6. The molecule has 0 radical (unpaired) electrons. The van der Waals surface area contributed by atoms with E-state index in [1.165, 1.54) is 27.1 Å². The Morgan fingerprint density at radius 1 is 1.12 bits per heavy atom. The number of thiophene rings is 1. The van der Waals surface area contributed by atoms with E-state index in [0.717, 1.165) is 32.0 Å². The highest BCUT2D eigenvalue weighted by Crippen LogP contribution is 2.37. The van der Waals surface area contributed by atoms with E-state index in [0.29, 0.717) is 0 Å². The van der Waals surface area contributed by atoms with Crippen LogP contribution < -0.4 is 0 Å². The summed E-state index contributed by atoms with van der Waals surface area (Å²) in [5.41, 5.74) is 1.23. The van der Waals surface area contributed by atoms with Gasteiger partial charge in [0.2, 0.25) is 5.16 Å². The molecule has 4 rings (SSSR count). The van der Waals surface area contributed by atoms with Crippen LogP contribution in [0.5, 0.6) is 0 Å². The molecule has 0 saturated carbocycles. The first-order valence-corrected chi connectivity index (χ1v) is 10.6. The number of hydrogen-bond acceptors (Lipinski definition) is 8. The fourth-order valence-electron chi connectivity index (χ4n) is 2.45. The number of tetrazole rings is 1. The van der Waals surface area contributed by atoms with Crippen LogP contribution in [0.25, 0.3) is 10.2 Å². The van der Waals surface area contributed by atoms with Crippen molar-refractivity contribution in [1.29, 1.82) is 0 Å². The average molecular weight is 401 g/mol. The first kappa shape index (κ1) is 17.4. The molecule has 9 heteroatoms. The molecule has 3 aromatic heterocycles. The molecule has 0 atom stereocenters. The van der Waals surface area contributed by atoms with Crippen molar-refractivity contribution < 1.29 is 0 Å². The minimum Gasteiger partial charge on any atom is -0.224 e. The molecule has 0 fully saturated rings. The lowest BCUT2D eigenvalue weighted by Gasteiger charge is -2.06. The lowest BCUT2D eigenvalue weighted by molar-refractivity contribution is 0.664. The molecule has 0 aliphatic rings. The molecular weight excluding hydrogens is 384 g/mol. The summed E-state index contributed by atoms with van der Waals surface area (Å²) in [6.07, 6.45) is 0. The minimum absolute atomic E-state index is 0.718. The van der Waals surface area contributed by atoms with Crippen LogP contribution in [0.3, 0.4) is 0 Å². The number of aryl methyl sites for hydroxylation is 3. The zero-order valence-electron chi connectivity index (χ0n) is 14.5. The highest BCUT2D eigenvalue weighted by molar-refractivity contribution is 7.99. The molecule has 4 aromatic rings. The third-order valence-electron chi connectivity index (χ3n) is 3.92. The molecule has 0 aliphatic heterocycles. The molecule has 132 valence electrons. The zero-order valence-corrected chi connectivity index (χ0v) is 17.0.